The van der Waals surface area contributed by atoms with Crippen molar-refractivity contribution in [1.29, 1.82) is 0 Å². The number of amides is 1. The minimum absolute atomic E-state index is 0. The minimum atomic E-state index is -0.338. The van der Waals surface area contributed by atoms with Gasteiger partial charge in [0.05, 0.1) is 13.1 Å². The van der Waals surface area contributed by atoms with Crippen LogP contribution in [0.5, 0.6) is 0 Å². The molecule has 1 aliphatic rings. The summed E-state index contributed by atoms with van der Waals surface area (Å²) < 4.78 is 1.87. The van der Waals surface area contributed by atoms with Crippen LogP contribution in [0.3, 0.4) is 0 Å². The summed E-state index contributed by atoms with van der Waals surface area (Å²) in [6, 6.07) is 8.71. The first kappa shape index (κ1) is 22.3. The van der Waals surface area contributed by atoms with Gasteiger partial charge in [0.1, 0.15) is 0 Å². The molecule has 2 aromatic rings. The number of nitrogens with zero attached hydrogens (tertiary/aromatic N) is 5. The predicted octanol–water partition coefficient (Wildman–Crippen LogP) is -0.839. The topological polar surface area (TPSA) is 75.9 Å². The highest BCUT2D eigenvalue weighted by molar-refractivity contribution is 5.81. The summed E-state index contributed by atoms with van der Waals surface area (Å²) in [5.41, 5.74) is 2.10. The maximum atomic E-state index is 12.2. The van der Waals surface area contributed by atoms with Gasteiger partial charge in [0.15, 0.2) is 5.82 Å². The van der Waals surface area contributed by atoms with Gasteiger partial charge in [-0.1, -0.05) is 50.6 Å². The Bertz CT molecular complexity index is 760. The summed E-state index contributed by atoms with van der Waals surface area (Å²) in [5.74, 6) is 1.01. The minimum Gasteiger partial charge on any atom is -1.00 e. The van der Waals surface area contributed by atoms with E-state index in [0.29, 0.717) is 6.54 Å². The number of nitrogens with one attached hydrogen (secondary N) is 1. The average Bonchev–Trinajstić information content (AvgIpc) is 3.04. The first-order valence-electron chi connectivity index (χ1n) is 9.65. The highest BCUT2D eigenvalue weighted by Gasteiger charge is 2.27. The van der Waals surface area contributed by atoms with Crippen LogP contribution in [0.1, 0.15) is 50.6 Å². The third-order valence-corrected chi connectivity index (χ3v) is 5.03. The van der Waals surface area contributed by atoms with E-state index in [2.05, 4.69) is 56.9 Å². The van der Waals surface area contributed by atoms with Crippen LogP contribution in [0.15, 0.2) is 24.3 Å². The van der Waals surface area contributed by atoms with Crippen LogP contribution in [-0.4, -0.2) is 50.1 Å². The third-order valence-electron chi connectivity index (χ3n) is 5.03. The van der Waals surface area contributed by atoms with E-state index in [9.17, 15) is 4.79 Å². The molecule has 3 rings (SSSR count). The molecule has 7 nitrogen and oxygen atoms in total. The number of benzene rings is 1. The molecule has 28 heavy (non-hydrogen) atoms. The van der Waals surface area contributed by atoms with E-state index in [4.69, 9.17) is 0 Å². The fraction of sp³-hybridized carbons (Fsp3) is 0.600. The van der Waals surface area contributed by atoms with Gasteiger partial charge in [-0.3, -0.25) is 9.69 Å². The Kier molecular flexibility index (Phi) is 7.55. The molecule has 0 radical (unpaired) electrons. The Morgan fingerprint density at radius 2 is 1.79 bits per heavy atom. The molecule has 1 aliphatic heterocycles. The SMILES string of the molecule is Cc1ccc(Cn2nnnc2CN2CCC(NC(=O)C(C)(C)C)CC2)cc1.[Cl-]. The van der Waals surface area contributed by atoms with E-state index in [0.717, 1.165) is 38.3 Å². The van der Waals surface area contributed by atoms with Gasteiger partial charge in [0.2, 0.25) is 5.91 Å². The van der Waals surface area contributed by atoms with Gasteiger partial charge in [-0.05, 0) is 35.8 Å². The summed E-state index contributed by atoms with van der Waals surface area (Å²) in [4.78, 5) is 14.5. The molecule has 0 atom stereocenters. The summed E-state index contributed by atoms with van der Waals surface area (Å²) in [6.45, 7) is 11.2. The zero-order valence-corrected chi connectivity index (χ0v) is 17.9. The van der Waals surface area contributed by atoms with Crippen molar-refractivity contribution in [3.8, 4) is 0 Å². The number of likely N-dealkylation sites (tertiary alicyclic amines) is 1. The molecular formula is C20H30ClN6O-. The Hall–Kier alpha value is -1.99. The lowest BCUT2D eigenvalue weighted by molar-refractivity contribution is -0.129. The Morgan fingerprint density at radius 1 is 1.14 bits per heavy atom. The summed E-state index contributed by atoms with van der Waals surface area (Å²) in [6.07, 6.45) is 1.92. The van der Waals surface area contributed by atoms with Crippen LogP contribution in [-0.2, 0) is 17.9 Å². The largest absolute Gasteiger partial charge is 1.00 e. The number of hydrogen-bond donors (Lipinski definition) is 1. The monoisotopic (exact) mass is 405 g/mol. The predicted molar refractivity (Wildman–Crippen MR) is 104 cm³/mol. The fourth-order valence-corrected chi connectivity index (χ4v) is 3.16. The Labute approximate surface area is 173 Å². The van der Waals surface area contributed by atoms with E-state index >= 15 is 0 Å². The van der Waals surface area contributed by atoms with Crippen molar-refractivity contribution in [2.75, 3.05) is 13.1 Å². The van der Waals surface area contributed by atoms with E-state index in [-0.39, 0.29) is 29.8 Å². The van der Waals surface area contributed by atoms with Gasteiger partial charge < -0.3 is 17.7 Å². The van der Waals surface area contributed by atoms with Crippen molar-refractivity contribution >= 4 is 5.91 Å². The Morgan fingerprint density at radius 3 is 2.39 bits per heavy atom. The molecule has 0 unspecified atom stereocenters. The van der Waals surface area contributed by atoms with Crippen LogP contribution in [0, 0.1) is 12.3 Å². The average molecular weight is 406 g/mol. The standard InChI is InChI=1S/C20H30N6O.ClH/c1-15-5-7-16(8-6-15)13-26-18(22-23-24-26)14-25-11-9-17(10-12-25)21-19(27)20(2,3)4;/h5-8,17H,9-14H2,1-4H3,(H,21,27);1H/p-1. The quantitative estimate of drug-likeness (QED) is 0.702. The summed E-state index contributed by atoms with van der Waals surface area (Å²) >= 11 is 0. The molecule has 0 bridgehead atoms. The smallest absolute Gasteiger partial charge is 0.225 e. The van der Waals surface area contributed by atoms with Gasteiger partial charge in [-0.15, -0.1) is 5.10 Å². The second kappa shape index (κ2) is 9.47. The van der Waals surface area contributed by atoms with Crippen molar-refractivity contribution in [2.24, 2.45) is 5.41 Å². The number of aryl methyl sites for hydroxylation is 1. The van der Waals surface area contributed by atoms with Crippen LogP contribution >= 0.6 is 0 Å². The maximum absolute atomic E-state index is 12.2. The van der Waals surface area contributed by atoms with Gasteiger partial charge in [0.25, 0.3) is 0 Å². The van der Waals surface area contributed by atoms with Crippen molar-refractivity contribution in [3.63, 3.8) is 0 Å². The molecule has 0 aliphatic carbocycles. The van der Waals surface area contributed by atoms with Crippen LogP contribution < -0.4 is 17.7 Å². The zero-order chi connectivity index (χ0) is 19.4. The molecule has 1 amide bonds. The van der Waals surface area contributed by atoms with Crippen LogP contribution in [0.4, 0.5) is 0 Å². The number of rotatable bonds is 5. The van der Waals surface area contributed by atoms with Gasteiger partial charge >= 0.3 is 0 Å². The molecule has 0 spiro atoms. The first-order chi connectivity index (χ1) is 12.8. The van der Waals surface area contributed by atoms with E-state index in [1.165, 1.54) is 11.1 Å². The van der Waals surface area contributed by atoms with Gasteiger partial charge in [0, 0.05) is 24.5 Å². The normalized spacial score (nSPS) is 15.9. The van der Waals surface area contributed by atoms with Crippen LogP contribution in [0.25, 0.3) is 0 Å². The summed E-state index contributed by atoms with van der Waals surface area (Å²) in [5, 5.41) is 15.4. The molecular weight excluding hydrogens is 376 g/mol. The highest BCUT2D eigenvalue weighted by atomic mass is 35.5. The molecule has 154 valence electrons. The Balaban J connectivity index is 0.00000280. The highest BCUT2D eigenvalue weighted by Crippen LogP contribution is 2.17. The summed E-state index contributed by atoms with van der Waals surface area (Å²) in [7, 11) is 0. The fourth-order valence-electron chi connectivity index (χ4n) is 3.16. The second-order valence-electron chi connectivity index (χ2n) is 8.51. The molecule has 1 aromatic heterocycles. The lowest BCUT2D eigenvalue weighted by atomic mass is 9.94. The van der Waals surface area contributed by atoms with E-state index < -0.39 is 0 Å². The molecule has 2 heterocycles. The number of halogens is 1. The maximum Gasteiger partial charge on any atom is 0.225 e. The van der Waals surface area contributed by atoms with Crippen molar-refractivity contribution in [3.05, 3.63) is 41.2 Å². The second-order valence-corrected chi connectivity index (χ2v) is 8.51. The van der Waals surface area contributed by atoms with Crippen molar-refractivity contribution in [2.45, 2.75) is 59.7 Å². The molecule has 0 saturated carbocycles. The molecule has 8 heteroatoms. The number of hydrogen-bond acceptors (Lipinski definition) is 5. The van der Waals surface area contributed by atoms with Crippen molar-refractivity contribution < 1.29 is 17.2 Å². The van der Waals surface area contributed by atoms with Gasteiger partial charge in [-0.2, -0.15) is 0 Å². The number of aromatic nitrogens is 4. The third kappa shape index (κ3) is 6.01. The molecule has 1 N–H and O–H groups in total. The molecule has 1 fully saturated rings. The van der Waals surface area contributed by atoms with Crippen molar-refractivity contribution in [1.82, 2.24) is 30.4 Å². The zero-order valence-electron chi connectivity index (χ0n) is 17.2. The van der Waals surface area contributed by atoms with Gasteiger partial charge in [-0.25, -0.2) is 4.68 Å². The lowest BCUT2D eigenvalue weighted by Gasteiger charge is -2.33. The first-order valence-corrected chi connectivity index (χ1v) is 9.65. The lowest BCUT2D eigenvalue weighted by Crippen LogP contribution is -3.00. The van der Waals surface area contributed by atoms with E-state index in [1.807, 2.05) is 25.5 Å². The number of tetrazole rings is 1. The number of carbonyl (C=O) groups excluding carboxylic acids is 1. The van der Waals surface area contributed by atoms with Crippen LogP contribution in [0.2, 0.25) is 0 Å². The van der Waals surface area contributed by atoms with E-state index in [1.54, 1.807) is 0 Å². The number of carbonyl (C=O) groups is 1. The number of piperidine rings is 1. The molecule has 1 saturated heterocycles. The molecule has 1 aromatic carbocycles.